The van der Waals surface area contributed by atoms with E-state index in [-0.39, 0.29) is 5.28 Å². The number of hydrogen-bond donors (Lipinski definition) is 1. The van der Waals surface area contributed by atoms with Crippen LogP contribution in [0.4, 0.5) is 11.5 Å². The minimum absolute atomic E-state index is 0.210. The van der Waals surface area contributed by atoms with E-state index < -0.39 is 0 Å². The van der Waals surface area contributed by atoms with Gasteiger partial charge in [0.1, 0.15) is 16.4 Å². The van der Waals surface area contributed by atoms with Crippen LogP contribution in [0.1, 0.15) is 0 Å². The molecule has 0 amide bonds. The topological polar surface area (TPSA) is 47.0 Å². The SMILES string of the molecule is COc1ccc(Nc2nc(Cl)nc3sccc23)cc1Cl. The molecule has 3 aromatic rings. The van der Waals surface area contributed by atoms with Crippen molar-refractivity contribution in [2.75, 3.05) is 12.4 Å². The fraction of sp³-hybridized carbons (Fsp3) is 0.0769. The molecule has 1 aromatic carbocycles. The Balaban J connectivity index is 2.00. The maximum absolute atomic E-state index is 6.10. The van der Waals surface area contributed by atoms with Crippen LogP contribution in [-0.4, -0.2) is 17.1 Å². The van der Waals surface area contributed by atoms with E-state index >= 15 is 0 Å². The summed E-state index contributed by atoms with van der Waals surface area (Å²) in [4.78, 5) is 9.23. The van der Waals surface area contributed by atoms with E-state index in [1.807, 2.05) is 17.5 Å². The molecule has 0 aliphatic heterocycles. The molecule has 7 heteroatoms. The highest BCUT2D eigenvalue weighted by molar-refractivity contribution is 7.16. The summed E-state index contributed by atoms with van der Waals surface area (Å²) in [5.41, 5.74) is 0.804. The number of ether oxygens (including phenoxy) is 1. The van der Waals surface area contributed by atoms with Crippen molar-refractivity contribution in [1.29, 1.82) is 0 Å². The van der Waals surface area contributed by atoms with Crippen molar-refractivity contribution in [1.82, 2.24) is 9.97 Å². The molecule has 0 saturated carbocycles. The number of hydrogen-bond acceptors (Lipinski definition) is 5. The lowest BCUT2D eigenvalue weighted by molar-refractivity contribution is 0.415. The van der Waals surface area contributed by atoms with Crippen molar-refractivity contribution in [3.8, 4) is 5.75 Å². The first-order valence-corrected chi connectivity index (χ1v) is 7.32. The standard InChI is InChI=1S/C13H9Cl2N3OS/c1-19-10-3-2-7(6-9(10)14)16-11-8-4-5-20-12(8)18-13(15)17-11/h2-6H,1H3,(H,16,17,18). The van der Waals surface area contributed by atoms with E-state index in [4.69, 9.17) is 27.9 Å². The van der Waals surface area contributed by atoms with Gasteiger partial charge >= 0.3 is 0 Å². The average molecular weight is 326 g/mol. The summed E-state index contributed by atoms with van der Waals surface area (Å²) in [6.45, 7) is 0. The summed E-state index contributed by atoms with van der Waals surface area (Å²) in [6.07, 6.45) is 0. The molecule has 102 valence electrons. The number of fused-ring (bicyclic) bond motifs is 1. The molecule has 0 aliphatic rings. The van der Waals surface area contributed by atoms with Crippen LogP contribution in [0.5, 0.6) is 5.75 Å². The van der Waals surface area contributed by atoms with Gasteiger partial charge in [0.25, 0.3) is 0 Å². The van der Waals surface area contributed by atoms with E-state index in [9.17, 15) is 0 Å². The number of rotatable bonds is 3. The van der Waals surface area contributed by atoms with Gasteiger partial charge in [0, 0.05) is 5.69 Å². The van der Waals surface area contributed by atoms with Crippen LogP contribution in [0.3, 0.4) is 0 Å². The number of anilines is 2. The van der Waals surface area contributed by atoms with Crippen LogP contribution < -0.4 is 10.1 Å². The summed E-state index contributed by atoms with van der Waals surface area (Å²) in [6, 6.07) is 7.37. The van der Waals surface area contributed by atoms with Crippen molar-refractivity contribution in [3.63, 3.8) is 0 Å². The van der Waals surface area contributed by atoms with Gasteiger partial charge in [-0.2, -0.15) is 4.98 Å². The van der Waals surface area contributed by atoms with Gasteiger partial charge in [0.15, 0.2) is 0 Å². The summed E-state index contributed by atoms with van der Waals surface area (Å²) < 4.78 is 5.12. The van der Waals surface area contributed by atoms with Gasteiger partial charge < -0.3 is 10.1 Å². The zero-order chi connectivity index (χ0) is 14.1. The third kappa shape index (κ3) is 2.52. The fourth-order valence-corrected chi connectivity index (χ4v) is 3.05. The van der Waals surface area contributed by atoms with Crippen molar-refractivity contribution >= 4 is 56.3 Å². The van der Waals surface area contributed by atoms with Crippen LogP contribution >= 0.6 is 34.5 Å². The molecule has 1 N–H and O–H groups in total. The molecule has 0 aliphatic carbocycles. The number of thiophene rings is 1. The first-order chi connectivity index (χ1) is 9.67. The molecule has 2 heterocycles. The largest absolute Gasteiger partial charge is 0.495 e. The van der Waals surface area contributed by atoms with Gasteiger partial charge in [0.05, 0.1) is 17.5 Å². The Bertz CT molecular complexity index is 775. The highest BCUT2D eigenvalue weighted by Gasteiger charge is 2.09. The number of halogens is 2. The van der Waals surface area contributed by atoms with Gasteiger partial charge in [-0.3, -0.25) is 0 Å². The van der Waals surface area contributed by atoms with E-state index in [0.717, 1.165) is 15.9 Å². The highest BCUT2D eigenvalue weighted by Crippen LogP contribution is 2.32. The Morgan fingerprint density at radius 1 is 1.20 bits per heavy atom. The van der Waals surface area contributed by atoms with E-state index in [0.29, 0.717) is 16.6 Å². The monoisotopic (exact) mass is 325 g/mol. The zero-order valence-corrected chi connectivity index (χ0v) is 12.7. The summed E-state index contributed by atoms with van der Waals surface area (Å²) in [5.74, 6) is 1.28. The molecule has 0 radical (unpaired) electrons. The van der Waals surface area contributed by atoms with Crippen molar-refractivity contribution in [2.45, 2.75) is 0 Å². The first kappa shape index (κ1) is 13.4. The second-order valence-corrected chi connectivity index (χ2v) is 5.59. The summed E-state index contributed by atoms with van der Waals surface area (Å²) in [7, 11) is 1.58. The van der Waals surface area contributed by atoms with Gasteiger partial charge in [0.2, 0.25) is 5.28 Å². The molecule has 0 bridgehead atoms. The minimum atomic E-state index is 0.210. The number of nitrogens with one attached hydrogen (secondary N) is 1. The van der Waals surface area contributed by atoms with E-state index in [2.05, 4.69) is 15.3 Å². The molecule has 0 saturated heterocycles. The van der Waals surface area contributed by atoms with Crippen LogP contribution in [0, 0.1) is 0 Å². The Kier molecular flexibility index (Phi) is 3.65. The van der Waals surface area contributed by atoms with E-state index in [1.54, 1.807) is 19.2 Å². The molecule has 0 fully saturated rings. The zero-order valence-electron chi connectivity index (χ0n) is 10.4. The molecule has 2 aromatic heterocycles. The van der Waals surface area contributed by atoms with Gasteiger partial charge in [-0.25, -0.2) is 4.98 Å². The van der Waals surface area contributed by atoms with Gasteiger partial charge in [-0.15, -0.1) is 11.3 Å². The maximum Gasteiger partial charge on any atom is 0.225 e. The van der Waals surface area contributed by atoms with Gasteiger partial charge in [-0.1, -0.05) is 11.6 Å². The van der Waals surface area contributed by atoms with Crippen LogP contribution in [-0.2, 0) is 0 Å². The number of methoxy groups -OCH3 is 1. The minimum Gasteiger partial charge on any atom is -0.495 e. The number of nitrogens with zero attached hydrogens (tertiary/aromatic N) is 2. The molecule has 4 nitrogen and oxygen atoms in total. The van der Waals surface area contributed by atoms with Crippen molar-refractivity contribution in [3.05, 3.63) is 40.0 Å². The molecule has 3 rings (SSSR count). The van der Waals surface area contributed by atoms with Gasteiger partial charge in [-0.05, 0) is 41.2 Å². The normalized spacial score (nSPS) is 10.8. The second-order valence-electron chi connectivity index (χ2n) is 3.95. The quantitative estimate of drug-likeness (QED) is 0.706. The fourth-order valence-electron chi connectivity index (χ4n) is 1.81. The first-order valence-electron chi connectivity index (χ1n) is 5.68. The van der Waals surface area contributed by atoms with Crippen LogP contribution in [0.25, 0.3) is 10.2 Å². The molecule has 0 atom stereocenters. The lowest BCUT2D eigenvalue weighted by Gasteiger charge is -2.09. The summed E-state index contributed by atoms with van der Waals surface area (Å²) >= 11 is 13.5. The molecule has 20 heavy (non-hydrogen) atoms. The smallest absolute Gasteiger partial charge is 0.225 e. The van der Waals surface area contributed by atoms with Crippen molar-refractivity contribution < 1.29 is 4.74 Å². The predicted octanol–water partition coefficient (Wildman–Crippen LogP) is 4.75. The molecule has 0 spiro atoms. The second kappa shape index (κ2) is 5.44. The molecule has 0 unspecified atom stereocenters. The lowest BCUT2D eigenvalue weighted by Crippen LogP contribution is -1.96. The van der Waals surface area contributed by atoms with Crippen molar-refractivity contribution in [2.24, 2.45) is 0 Å². The highest BCUT2D eigenvalue weighted by atomic mass is 35.5. The predicted molar refractivity (Wildman–Crippen MR) is 83.7 cm³/mol. The Morgan fingerprint density at radius 2 is 2.05 bits per heavy atom. The Hall–Kier alpha value is -1.56. The lowest BCUT2D eigenvalue weighted by atomic mass is 10.3. The van der Waals surface area contributed by atoms with Crippen LogP contribution in [0.2, 0.25) is 10.3 Å². The Morgan fingerprint density at radius 3 is 2.80 bits per heavy atom. The van der Waals surface area contributed by atoms with Crippen LogP contribution in [0.15, 0.2) is 29.6 Å². The van der Waals surface area contributed by atoms with E-state index in [1.165, 1.54) is 11.3 Å². The molecular weight excluding hydrogens is 317 g/mol. The average Bonchev–Trinajstić information content (AvgIpc) is 2.87. The third-order valence-electron chi connectivity index (χ3n) is 2.71. The summed E-state index contributed by atoms with van der Waals surface area (Å²) in [5, 5.41) is 6.80. The Labute approximate surface area is 129 Å². The third-order valence-corrected chi connectivity index (χ3v) is 3.98. The molecular formula is C13H9Cl2N3OS. The number of benzene rings is 1. The maximum atomic E-state index is 6.10. The number of aromatic nitrogens is 2.